The number of hydrogen-bond acceptors (Lipinski definition) is 4. The molecular formula is C14H21ClN2O2S2. The summed E-state index contributed by atoms with van der Waals surface area (Å²) in [7, 11) is -3.55. The third-order valence-electron chi connectivity index (χ3n) is 3.72. The zero-order chi connectivity index (χ0) is 15.5. The maximum Gasteiger partial charge on any atom is 0.240 e. The van der Waals surface area contributed by atoms with Crippen LogP contribution in [0.4, 0.5) is 0 Å². The molecule has 0 bridgehead atoms. The second kappa shape index (κ2) is 7.33. The normalized spacial score (nSPS) is 19.7. The summed E-state index contributed by atoms with van der Waals surface area (Å²) in [5, 5.41) is 0.760. The summed E-state index contributed by atoms with van der Waals surface area (Å²) in [6.07, 6.45) is 3.46. The fraction of sp³-hybridized carbons (Fsp3) is 0.571. The van der Waals surface area contributed by atoms with E-state index in [0.717, 1.165) is 17.7 Å². The van der Waals surface area contributed by atoms with Gasteiger partial charge in [0.25, 0.3) is 0 Å². The van der Waals surface area contributed by atoms with Crippen LogP contribution in [0.5, 0.6) is 0 Å². The Bertz CT molecular complexity index is 599. The van der Waals surface area contributed by atoms with E-state index >= 15 is 0 Å². The fourth-order valence-corrected chi connectivity index (χ4v) is 5.49. The van der Waals surface area contributed by atoms with Gasteiger partial charge in [-0.05, 0) is 48.8 Å². The molecule has 0 saturated carbocycles. The lowest BCUT2D eigenvalue weighted by atomic mass is 10.1. The SMILES string of the molecule is Cc1c(CN)cc(Cl)cc1S(=O)(=O)NCC1CCCCS1. The minimum Gasteiger partial charge on any atom is -0.326 e. The summed E-state index contributed by atoms with van der Waals surface area (Å²) < 4.78 is 27.7. The van der Waals surface area contributed by atoms with Crippen LogP contribution in [0.2, 0.25) is 5.02 Å². The molecule has 0 radical (unpaired) electrons. The van der Waals surface area contributed by atoms with Gasteiger partial charge in [-0.25, -0.2) is 13.1 Å². The van der Waals surface area contributed by atoms with Crippen LogP contribution >= 0.6 is 23.4 Å². The minimum atomic E-state index is -3.55. The van der Waals surface area contributed by atoms with Gasteiger partial charge in [0.1, 0.15) is 0 Å². The number of rotatable bonds is 5. The Morgan fingerprint density at radius 1 is 1.43 bits per heavy atom. The zero-order valence-corrected chi connectivity index (χ0v) is 14.5. The minimum absolute atomic E-state index is 0.233. The monoisotopic (exact) mass is 348 g/mol. The Balaban J connectivity index is 2.17. The maximum atomic E-state index is 12.5. The van der Waals surface area contributed by atoms with E-state index in [0.29, 0.717) is 22.4 Å². The quantitative estimate of drug-likeness (QED) is 0.858. The third kappa shape index (κ3) is 4.36. The van der Waals surface area contributed by atoms with Crippen LogP contribution in [0.15, 0.2) is 17.0 Å². The van der Waals surface area contributed by atoms with Crippen molar-refractivity contribution < 1.29 is 8.42 Å². The Labute approximate surface area is 135 Å². The standard InChI is InChI=1S/C14H21ClN2O2S2/c1-10-11(8-16)6-12(15)7-14(10)21(18,19)17-9-13-4-2-3-5-20-13/h6-7,13,17H,2-5,8-9,16H2,1H3. The summed E-state index contributed by atoms with van der Waals surface area (Å²) >= 11 is 7.84. The number of halogens is 1. The first-order valence-electron chi connectivity index (χ1n) is 7.04. The lowest BCUT2D eigenvalue weighted by Gasteiger charge is -2.22. The fourth-order valence-electron chi connectivity index (χ4n) is 2.45. The molecule has 0 aliphatic carbocycles. The van der Waals surface area contributed by atoms with Crippen LogP contribution in [0.1, 0.15) is 30.4 Å². The molecule has 1 aromatic carbocycles. The smallest absolute Gasteiger partial charge is 0.240 e. The molecule has 0 amide bonds. The highest BCUT2D eigenvalue weighted by Gasteiger charge is 2.22. The van der Waals surface area contributed by atoms with E-state index in [2.05, 4.69) is 4.72 Å². The van der Waals surface area contributed by atoms with Gasteiger partial charge in [0, 0.05) is 23.4 Å². The van der Waals surface area contributed by atoms with E-state index in [1.54, 1.807) is 13.0 Å². The molecule has 0 aromatic heterocycles. The second-order valence-electron chi connectivity index (χ2n) is 5.23. The molecule has 1 saturated heterocycles. The molecule has 3 N–H and O–H groups in total. The molecule has 1 aromatic rings. The average molecular weight is 349 g/mol. The number of nitrogens with two attached hydrogens (primary N) is 1. The first-order chi connectivity index (χ1) is 9.94. The predicted octanol–water partition coefficient (Wildman–Crippen LogP) is 2.67. The van der Waals surface area contributed by atoms with Gasteiger partial charge in [-0.3, -0.25) is 0 Å². The predicted molar refractivity (Wildman–Crippen MR) is 89.4 cm³/mol. The van der Waals surface area contributed by atoms with Crippen molar-refractivity contribution in [1.29, 1.82) is 0 Å². The summed E-state index contributed by atoms with van der Waals surface area (Å²) in [6.45, 7) is 2.51. The van der Waals surface area contributed by atoms with Crippen LogP contribution in [-0.4, -0.2) is 26.0 Å². The average Bonchev–Trinajstić information content (AvgIpc) is 2.48. The van der Waals surface area contributed by atoms with Crippen molar-refractivity contribution in [2.45, 2.75) is 42.9 Å². The van der Waals surface area contributed by atoms with E-state index in [4.69, 9.17) is 17.3 Å². The Hall–Kier alpha value is -0.270. The van der Waals surface area contributed by atoms with Gasteiger partial charge in [-0.2, -0.15) is 11.8 Å². The molecule has 1 unspecified atom stereocenters. The van der Waals surface area contributed by atoms with Gasteiger partial charge in [0.15, 0.2) is 0 Å². The molecule has 118 valence electrons. The Morgan fingerprint density at radius 3 is 2.81 bits per heavy atom. The number of sulfonamides is 1. The van der Waals surface area contributed by atoms with Crippen LogP contribution in [-0.2, 0) is 16.6 Å². The van der Waals surface area contributed by atoms with Gasteiger partial charge in [0.2, 0.25) is 10.0 Å². The number of nitrogens with one attached hydrogen (secondary N) is 1. The van der Waals surface area contributed by atoms with Crippen LogP contribution in [0, 0.1) is 6.92 Å². The Morgan fingerprint density at radius 2 is 2.19 bits per heavy atom. The van der Waals surface area contributed by atoms with Gasteiger partial charge in [-0.15, -0.1) is 0 Å². The highest BCUT2D eigenvalue weighted by Crippen LogP contribution is 2.26. The maximum absolute atomic E-state index is 12.5. The lowest BCUT2D eigenvalue weighted by molar-refractivity contribution is 0.573. The van der Waals surface area contributed by atoms with Crippen LogP contribution < -0.4 is 10.5 Å². The summed E-state index contributed by atoms with van der Waals surface area (Å²) in [5.41, 5.74) is 7.08. The number of thioether (sulfide) groups is 1. The Kier molecular flexibility index (Phi) is 5.96. The molecule has 7 heteroatoms. The highest BCUT2D eigenvalue weighted by atomic mass is 35.5. The molecular weight excluding hydrogens is 328 g/mol. The molecule has 0 spiro atoms. The highest BCUT2D eigenvalue weighted by molar-refractivity contribution is 8.00. The largest absolute Gasteiger partial charge is 0.326 e. The van der Waals surface area contributed by atoms with Crippen molar-refractivity contribution in [3.8, 4) is 0 Å². The van der Waals surface area contributed by atoms with Crippen molar-refractivity contribution in [1.82, 2.24) is 4.72 Å². The molecule has 1 atom stereocenters. The van der Waals surface area contributed by atoms with Crippen molar-refractivity contribution in [2.24, 2.45) is 5.73 Å². The molecule has 1 aliphatic rings. The molecule has 1 aliphatic heterocycles. The van der Waals surface area contributed by atoms with Crippen LogP contribution in [0.25, 0.3) is 0 Å². The molecule has 2 rings (SSSR count). The van der Waals surface area contributed by atoms with Gasteiger partial charge < -0.3 is 5.73 Å². The van der Waals surface area contributed by atoms with E-state index in [1.165, 1.54) is 18.9 Å². The number of benzene rings is 1. The van der Waals surface area contributed by atoms with E-state index in [9.17, 15) is 8.42 Å². The van der Waals surface area contributed by atoms with Crippen molar-refractivity contribution >= 4 is 33.4 Å². The summed E-state index contributed by atoms with van der Waals surface area (Å²) in [5.74, 6) is 1.11. The zero-order valence-electron chi connectivity index (χ0n) is 12.1. The first kappa shape index (κ1) is 17.1. The van der Waals surface area contributed by atoms with Crippen molar-refractivity contribution in [2.75, 3.05) is 12.3 Å². The van der Waals surface area contributed by atoms with E-state index in [1.807, 2.05) is 11.8 Å². The second-order valence-corrected chi connectivity index (χ2v) is 8.81. The van der Waals surface area contributed by atoms with Gasteiger partial charge in [-0.1, -0.05) is 18.0 Å². The summed E-state index contributed by atoms with van der Waals surface area (Å²) in [6, 6.07) is 3.21. The summed E-state index contributed by atoms with van der Waals surface area (Å²) in [4.78, 5) is 0.233. The van der Waals surface area contributed by atoms with E-state index < -0.39 is 10.0 Å². The van der Waals surface area contributed by atoms with Gasteiger partial charge in [0.05, 0.1) is 4.90 Å². The molecule has 21 heavy (non-hydrogen) atoms. The molecule has 4 nitrogen and oxygen atoms in total. The molecule has 1 fully saturated rings. The molecule has 1 heterocycles. The van der Waals surface area contributed by atoms with Gasteiger partial charge >= 0.3 is 0 Å². The van der Waals surface area contributed by atoms with Crippen molar-refractivity contribution in [3.05, 3.63) is 28.3 Å². The first-order valence-corrected chi connectivity index (χ1v) is 9.95. The van der Waals surface area contributed by atoms with Crippen molar-refractivity contribution in [3.63, 3.8) is 0 Å². The van der Waals surface area contributed by atoms with E-state index in [-0.39, 0.29) is 11.4 Å². The third-order valence-corrected chi connectivity index (χ3v) is 6.88. The lowest BCUT2D eigenvalue weighted by Crippen LogP contribution is -2.32. The number of hydrogen-bond donors (Lipinski definition) is 2. The topological polar surface area (TPSA) is 72.2 Å². The van der Waals surface area contributed by atoms with Crippen LogP contribution in [0.3, 0.4) is 0 Å².